The standard InChI is InChI=1S/C23H19Cl4N3O4/c24-16-8-13-9-17(25)21(16)18-12-19(33-28-18)14-2-1-3-15(11-14)30(23(31)22(26)27)34-20(10-13)29-4-6-32-7-5-29/h1-3,8-9,11-12,20,22H,4-7,10H2. The zero-order chi connectivity index (χ0) is 23.8. The summed E-state index contributed by atoms with van der Waals surface area (Å²) in [4.78, 5) is 20.1. The SMILES string of the molecule is O=C(C(Cl)Cl)N1OC(N2CCOCC2)Cc2cc(Cl)c(c(Cl)c2)-c2cc(on2)-c2cccc1c2. The van der Waals surface area contributed by atoms with Gasteiger partial charge in [0.05, 0.1) is 28.9 Å². The van der Waals surface area contributed by atoms with Crippen LogP contribution in [-0.4, -0.2) is 53.3 Å². The zero-order valence-corrected chi connectivity index (χ0v) is 20.7. The van der Waals surface area contributed by atoms with Gasteiger partial charge in [-0.1, -0.05) is 63.7 Å². The van der Waals surface area contributed by atoms with Gasteiger partial charge in [0.25, 0.3) is 5.91 Å². The first-order valence-electron chi connectivity index (χ1n) is 10.6. The minimum absolute atomic E-state index is 0.391. The fraction of sp³-hybridized carbons (Fsp3) is 0.304. The molecule has 0 saturated carbocycles. The molecule has 3 aromatic rings. The van der Waals surface area contributed by atoms with Gasteiger partial charge in [-0.3, -0.25) is 9.69 Å². The number of amides is 1. The number of anilines is 1. The summed E-state index contributed by atoms with van der Waals surface area (Å²) in [6.07, 6.45) is -0.156. The number of fused-ring (bicyclic) bond motifs is 5. The van der Waals surface area contributed by atoms with E-state index >= 15 is 0 Å². The lowest BCUT2D eigenvalue weighted by molar-refractivity contribution is -0.139. The van der Waals surface area contributed by atoms with E-state index in [4.69, 9.17) is 60.5 Å². The van der Waals surface area contributed by atoms with Crippen molar-refractivity contribution in [3.05, 3.63) is 58.1 Å². The Morgan fingerprint density at radius 1 is 1.06 bits per heavy atom. The van der Waals surface area contributed by atoms with E-state index in [1.165, 1.54) is 0 Å². The van der Waals surface area contributed by atoms with Crippen LogP contribution in [0.5, 0.6) is 0 Å². The number of halogens is 4. The molecule has 11 heteroatoms. The Balaban J connectivity index is 1.67. The van der Waals surface area contributed by atoms with Crippen molar-refractivity contribution in [2.45, 2.75) is 17.5 Å². The lowest BCUT2D eigenvalue weighted by Gasteiger charge is -2.37. The van der Waals surface area contributed by atoms with Crippen molar-refractivity contribution >= 4 is 58.0 Å². The van der Waals surface area contributed by atoms with Gasteiger partial charge >= 0.3 is 0 Å². The predicted molar refractivity (Wildman–Crippen MR) is 131 cm³/mol. The summed E-state index contributed by atoms with van der Waals surface area (Å²) < 4.78 is 11.1. The van der Waals surface area contributed by atoms with Gasteiger partial charge in [-0.25, -0.2) is 4.84 Å². The number of alkyl halides is 2. The van der Waals surface area contributed by atoms with E-state index in [1.54, 1.807) is 24.3 Å². The van der Waals surface area contributed by atoms with Gasteiger partial charge < -0.3 is 9.26 Å². The van der Waals surface area contributed by atoms with Crippen molar-refractivity contribution in [2.75, 3.05) is 31.4 Å². The van der Waals surface area contributed by atoms with Crippen LogP contribution in [-0.2, 0) is 20.8 Å². The van der Waals surface area contributed by atoms with Crippen LogP contribution in [0.15, 0.2) is 47.0 Å². The molecule has 6 rings (SSSR count). The molecule has 0 spiro atoms. The van der Waals surface area contributed by atoms with Crippen molar-refractivity contribution < 1.29 is 18.9 Å². The van der Waals surface area contributed by atoms with E-state index in [1.807, 2.05) is 18.2 Å². The molecular weight excluding hydrogens is 524 g/mol. The van der Waals surface area contributed by atoms with Crippen LogP contribution in [0, 0.1) is 0 Å². The van der Waals surface area contributed by atoms with E-state index in [2.05, 4.69) is 10.1 Å². The van der Waals surface area contributed by atoms with Gasteiger partial charge in [0, 0.05) is 36.7 Å². The number of benzene rings is 2. The number of carbonyl (C=O) groups is 1. The molecule has 1 atom stereocenters. The topological polar surface area (TPSA) is 68.0 Å². The molecule has 178 valence electrons. The third kappa shape index (κ3) is 4.79. The van der Waals surface area contributed by atoms with Crippen LogP contribution in [0.1, 0.15) is 5.56 Å². The quantitative estimate of drug-likeness (QED) is 0.393. The van der Waals surface area contributed by atoms with Crippen molar-refractivity contribution in [3.63, 3.8) is 0 Å². The number of nitrogens with zero attached hydrogens (tertiary/aromatic N) is 3. The molecule has 3 aliphatic heterocycles. The molecule has 1 aromatic heterocycles. The molecular formula is C23H19Cl4N3O4. The third-order valence-electron chi connectivity index (χ3n) is 5.71. The van der Waals surface area contributed by atoms with Crippen LogP contribution in [0.3, 0.4) is 0 Å². The van der Waals surface area contributed by atoms with E-state index in [9.17, 15) is 4.79 Å². The number of aromatic nitrogens is 1. The highest BCUT2D eigenvalue weighted by Gasteiger charge is 2.31. The molecule has 4 heterocycles. The Morgan fingerprint density at radius 3 is 2.50 bits per heavy atom. The van der Waals surface area contributed by atoms with Gasteiger partial charge in [0.1, 0.15) is 11.9 Å². The number of hydrogen-bond donors (Lipinski definition) is 0. The number of carbonyl (C=O) groups excluding carboxylic acids is 1. The average Bonchev–Trinajstić information content (AvgIpc) is 3.30. The highest BCUT2D eigenvalue weighted by Crippen LogP contribution is 2.38. The molecule has 1 saturated heterocycles. The van der Waals surface area contributed by atoms with Crippen LogP contribution in [0.2, 0.25) is 10.0 Å². The maximum atomic E-state index is 13.0. The Labute approximate surface area is 215 Å². The first-order valence-corrected chi connectivity index (χ1v) is 12.2. The first-order chi connectivity index (χ1) is 16.4. The van der Waals surface area contributed by atoms with Gasteiger partial charge in [-0.05, 0) is 29.8 Å². The zero-order valence-electron chi connectivity index (χ0n) is 17.7. The van der Waals surface area contributed by atoms with Crippen molar-refractivity contribution in [2.24, 2.45) is 0 Å². The lowest BCUT2D eigenvalue weighted by Crippen LogP contribution is -2.50. The van der Waals surface area contributed by atoms with E-state index in [-0.39, 0.29) is 0 Å². The monoisotopic (exact) mass is 541 g/mol. The molecule has 1 unspecified atom stereocenters. The summed E-state index contributed by atoms with van der Waals surface area (Å²) in [5.74, 6) is -0.147. The smallest absolute Gasteiger partial charge is 0.284 e. The second-order valence-corrected chi connectivity index (χ2v) is 9.82. The van der Waals surface area contributed by atoms with E-state index in [0.717, 1.165) is 10.6 Å². The third-order valence-corrected chi connectivity index (χ3v) is 6.68. The minimum atomic E-state index is -1.33. The fourth-order valence-corrected chi connectivity index (χ4v) is 4.96. The lowest BCUT2D eigenvalue weighted by atomic mass is 10.0. The summed E-state index contributed by atoms with van der Waals surface area (Å²) >= 11 is 25.2. The number of morpholine rings is 1. The average molecular weight is 543 g/mol. The Kier molecular flexibility index (Phi) is 7.04. The first kappa shape index (κ1) is 23.9. The van der Waals surface area contributed by atoms with Crippen LogP contribution < -0.4 is 5.06 Å². The Hall–Kier alpha value is -1.84. The summed E-state index contributed by atoms with van der Waals surface area (Å²) in [7, 11) is 0. The van der Waals surface area contributed by atoms with Gasteiger partial charge in [0.2, 0.25) is 0 Å². The largest absolute Gasteiger partial charge is 0.379 e. The summed E-state index contributed by atoms with van der Waals surface area (Å²) in [6, 6.07) is 12.5. The van der Waals surface area contributed by atoms with E-state index < -0.39 is 17.0 Å². The molecule has 0 aliphatic carbocycles. The van der Waals surface area contributed by atoms with Crippen molar-refractivity contribution in [1.29, 1.82) is 0 Å². The maximum Gasteiger partial charge on any atom is 0.284 e. The van der Waals surface area contributed by atoms with Gasteiger partial charge in [-0.15, -0.1) is 0 Å². The van der Waals surface area contributed by atoms with Crippen molar-refractivity contribution in [1.82, 2.24) is 10.1 Å². The van der Waals surface area contributed by atoms with Crippen LogP contribution >= 0.6 is 46.4 Å². The van der Waals surface area contributed by atoms with Crippen LogP contribution in [0.25, 0.3) is 22.6 Å². The molecule has 0 N–H and O–H groups in total. The molecule has 2 aromatic carbocycles. The van der Waals surface area contributed by atoms with Crippen molar-refractivity contribution in [3.8, 4) is 22.6 Å². The summed E-state index contributed by atoms with van der Waals surface area (Å²) in [5.41, 5.74) is 3.04. The van der Waals surface area contributed by atoms with E-state index in [0.29, 0.717) is 71.0 Å². The summed E-state index contributed by atoms with van der Waals surface area (Å²) in [5, 5.41) is 6.16. The second kappa shape index (κ2) is 10.0. The molecule has 1 amide bonds. The minimum Gasteiger partial charge on any atom is -0.379 e. The molecule has 34 heavy (non-hydrogen) atoms. The molecule has 0 radical (unpaired) electrons. The predicted octanol–water partition coefficient (Wildman–Crippen LogP) is 5.60. The van der Waals surface area contributed by atoms with Gasteiger partial charge in [0.15, 0.2) is 10.6 Å². The number of rotatable bonds is 2. The number of ether oxygens (including phenoxy) is 1. The maximum absolute atomic E-state index is 13.0. The Bertz CT molecular complexity index is 1190. The summed E-state index contributed by atoms with van der Waals surface area (Å²) in [6.45, 7) is 2.33. The normalized spacial score (nSPS) is 18.9. The molecule has 6 bridgehead atoms. The fourth-order valence-electron chi connectivity index (χ4n) is 4.05. The molecule has 1 fully saturated rings. The van der Waals surface area contributed by atoms with Gasteiger partial charge in [-0.2, -0.15) is 5.06 Å². The number of hydroxylamine groups is 1. The highest BCUT2D eigenvalue weighted by molar-refractivity contribution is 6.54. The second-order valence-electron chi connectivity index (χ2n) is 7.91. The highest BCUT2D eigenvalue weighted by atomic mass is 35.5. The number of hydrogen-bond acceptors (Lipinski definition) is 6. The van der Waals surface area contributed by atoms with Crippen LogP contribution in [0.4, 0.5) is 5.69 Å². The molecule has 7 nitrogen and oxygen atoms in total. The Morgan fingerprint density at radius 2 is 1.79 bits per heavy atom. The molecule has 3 aliphatic rings.